The second kappa shape index (κ2) is 5.87. The number of ether oxygens (including phenoxy) is 2. The number of carbonyl (C=O) groups excluding carboxylic acids is 2. The van der Waals surface area contributed by atoms with Crippen molar-refractivity contribution in [3.63, 3.8) is 0 Å². The molecule has 0 radical (unpaired) electrons. The quantitative estimate of drug-likeness (QED) is 0.872. The minimum absolute atomic E-state index is 0.0109. The highest BCUT2D eigenvalue weighted by atomic mass is 16.5. The van der Waals surface area contributed by atoms with Crippen molar-refractivity contribution in [1.29, 1.82) is 0 Å². The molecule has 0 aliphatic rings. The number of hydrogen-bond donors (Lipinski definition) is 1. The van der Waals surface area contributed by atoms with E-state index in [0.717, 1.165) is 0 Å². The Kier molecular flexibility index (Phi) is 4.16. The van der Waals surface area contributed by atoms with Crippen LogP contribution in [0.15, 0.2) is 18.2 Å². The largest absolute Gasteiger partial charge is 0.508 e. The van der Waals surface area contributed by atoms with Crippen molar-refractivity contribution in [1.82, 2.24) is 4.57 Å². The summed E-state index contributed by atoms with van der Waals surface area (Å²) in [4.78, 5) is 23.7. The molecule has 0 saturated heterocycles. The van der Waals surface area contributed by atoms with Gasteiger partial charge in [0.15, 0.2) is 0 Å². The topological polar surface area (TPSA) is 77.8 Å². The van der Waals surface area contributed by atoms with Gasteiger partial charge in [0.05, 0.1) is 19.3 Å². The smallest absolute Gasteiger partial charge is 0.340 e. The third-order valence-corrected chi connectivity index (χ3v) is 3.30. The second-order valence-corrected chi connectivity index (χ2v) is 4.54. The zero-order valence-electron chi connectivity index (χ0n) is 12.2. The molecule has 0 saturated carbocycles. The monoisotopic (exact) mass is 291 g/mol. The predicted molar refractivity (Wildman–Crippen MR) is 76.3 cm³/mol. The summed E-state index contributed by atoms with van der Waals surface area (Å²) in [6, 6.07) is 4.65. The van der Waals surface area contributed by atoms with E-state index in [0.29, 0.717) is 22.2 Å². The van der Waals surface area contributed by atoms with Crippen LogP contribution >= 0.6 is 0 Å². The standard InChI is InChI=1S/C15H17NO5/c1-4-21-15(19)14-9(2)16(8-13(18)20-3)12-6-5-10(17)7-11(12)14/h5-7,17H,4,8H2,1-3H3. The summed E-state index contributed by atoms with van der Waals surface area (Å²) >= 11 is 0. The van der Waals surface area contributed by atoms with Gasteiger partial charge in [-0.15, -0.1) is 0 Å². The molecule has 112 valence electrons. The molecule has 0 fully saturated rings. The van der Waals surface area contributed by atoms with E-state index in [4.69, 9.17) is 4.74 Å². The van der Waals surface area contributed by atoms with Crippen LogP contribution in [0.5, 0.6) is 5.75 Å². The first kappa shape index (κ1) is 14.9. The molecule has 0 spiro atoms. The molecule has 2 rings (SSSR count). The summed E-state index contributed by atoms with van der Waals surface area (Å²) in [5.41, 5.74) is 1.62. The number of nitrogens with zero attached hydrogens (tertiary/aromatic N) is 1. The minimum Gasteiger partial charge on any atom is -0.508 e. The van der Waals surface area contributed by atoms with Crippen LogP contribution in [0, 0.1) is 6.92 Å². The Hall–Kier alpha value is -2.50. The Labute approximate surface area is 121 Å². The van der Waals surface area contributed by atoms with E-state index in [1.54, 1.807) is 24.5 Å². The van der Waals surface area contributed by atoms with E-state index < -0.39 is 11.9 Å². The summed E-state index contributed by atoms with van der Waals surface area (Å²) in [6.45, 7) is 3.69. The first-order chi connectivity index (χ1) is 9.99. The number of esters is 2. The van der Waals surface area contributed by atoms with Gasteiger partial charge in [0.1, 0.15) is 12.3 Å². The van der Waals surface area contributed by atoms with Gasteiger partial charge in [0.25, 0.3) is 0 Å². The van der Waals surface area contributed by atoms with Crippen molar-refractivity contribution in [2.75, 3.05) is 13.7 Å². The van der Waals surface area contributed by atoms with Gasteiger partial charge in [0, 0.05) is 16.6 Å². The van der Waals surface area contributed by atoms with Gasteiger partial charge in [-0.3, -0.25) is 4.79 Å². The highest BCUT2D eigenvalue weighted by Gasteiger charge is 2.22. The number of hydrogen-bond acceptors (Lipinski definition) is 5. The third kappa shape index (κ3) is 2.69. The summed E-state index contributed by atoms with van der Waals surface area (Å²) in [7, 11) is 1.31. The van der Waals surface area contributed by atoms with Crippen molar-refractivity contribution in [3.05, 3.63) is 29.5 Å². The van der Waals surface area contributed by atoms with E-state index in [1.807, 2.05) is 0 Å². The van der Waals surface area contributed by atoms with Crippen LogP contribution in [0.1, 0.15) is 23.0 Å². The molecule has 1 aromatic heterocycles. The van der Waals surface area contributed by atoms with Crippen molar-refractivity contribution >= 4 is 22.8 Å². The van der Waals surface area contributed by atoms with E-state index in [2.05, 4.69) is 4.74 Å². The van der Waals surface area contributed by atoms with Gasteiger partial charge in [-0.05, 0) is 32.0 Å². The number of carbonyl (C=O) groups is 2. The van der Waals surface area contributed by atoms with Gasteiger partial charge in [-0.2, -0.15) is 0 Å². The van der Waals surface area contributed by atoms with E-state index in [9.17, 15) is 14.7 Å². The molecule has 6 nitrogen and oxygen atoms in total. The number of rotatable bonds is 4. The van der Waals surface area contributed by atoms with Crippen molar-refractivity contribution in [3.8, 4) is 5.75 Å². The van der Waals surface area contributed by atoms with Crippen LogP contribution in [0.3, 0.4) is 0 Å². The van der Waals surface area contributed by atoms with Gasteiger partial charge < -0.3 is 19.1 Å². The van der Waals surface area contributed by atoms with Gasteiger partial charge in [-0.1, -0.05) is 0 Å². The fourth-order valence-electron chi connectivity index (χ4n) is 2.33. The average molecular weight is 291 g/mol. The van der Waals surface area contributed by atoms with Crippen LogP contribution in [-0.2, 0) is 20.8 Å². The maximum atomic E-state index is 12.1. The first-order valence-corrected chi connectivity index (χ1v) is 6.55. The van der Waals surface area contributed by atoms with Crippen LogP contribution < -0.4 is 0 Å². The number of phenolic OH excluding ortho intramolecular Hbond substituents is 1. The maximum Gasteiger partial charge on any atom is 0.340 e. The normalized spacial score (nSPS) is 10.6. The van der Waals surface area contributed by atoms with Gasteiger partial charge in [-0.25, -0.2) is 4.79 Å². The lowest BCUT2D eigenvalue weighted by Crippen LogP contribution is -2.13. The zero-order valence-corrected chi connectivity index (χ0v) is 12.2. The molecule has 2 aromatic rings. The lowest BCUT2D eigenvalue weighted by Gasteiger charge is -2.07. The van der Waals surface area contributed by atoms with Crippen molar-refractivity contribution in [2.45, 2.75) is 20.4 Å². The van der Waals surface area contributed by atoms with Gasteiger partial charge >= 0.3 is 11.9 Å². The Morgan fingerprint density at radius 1 is 1.33 bits per heavy atom. The van der Waals surface area contributed by atoms with Crippen molar-refractivity contribution in [2.24, 2.45) is 0 Å². The number of fused-ring (bicyclic) bond motifs is 1. The fourth-order valence-corrected chi connectivity index (χ4v) is 2.33. The fraction of sp³-hybridized carbons (Fsp3) is 0.333. The molecule has 0 aliphatic heterocycles. The predicted octanol–water partition coefficient (Wildman–Crippen LogP) is 2.01. The molecule has 21 heavy (non-hydrogen) atoms. The molecule has 0 amide bonds. The molecule has 0 atom stereocenters. The molecule has 1 N–H and O–H groups in total. The van der Waals surface area contributed by atoms with Crippen LogP contribution in [-0.4, -0.2) is 35.3 Å². The number of aromatic hydroxyl groups is 1. The molecule has 0 aliphatic carbocycles. The lowest BCUT2D eigenvalue weighted by molar-refractivity contribution is -0.141. The number of aromatic nitrogens is 1. The van der Waals surface area contributed by atoms with E-state index >= 15 is 0 Å². The van der Waals surface area contributed by atoms with Crippen LogP contribution in [0.2, 0.25) is 0 Å². The summed E-state index contributed by atoms with van der Waals surface area (Å²) < 4.78 is 11.4. The Morgan fingerprint density at radius 3 is 2.67 bits per heavy atom. The highest BCUT2D eigenvalue weighted by molar-refractivity contribution is 6.06. The molecule has 1 heterocycles. The lowest BCUT2D eigenvalue weighted by atomic mass is 10.1. The summed E-state index contributed by atoms with van der Waals surface area (Å²) in [5, 5.41) is 10.2. The summed E-state index contributed by atoms with van der Waals surface area (Å²) in [6.07, 6.45) is 0. The zero-order chi connectivity index (χ0) is 15.6. The molecule has 1 aromatic carbocycles. The Bertz CT molecular complexity index is 702. The molecular weight excluding hydrogens is 274 g/mol. The molecule has 6 heteroatoms. The van der Waals surface area contributed by atoms with Crippen LogP contribution in [0.25, 0.3) is 10.9 Å². The molecule has 0 unspecified atom stereocenters. The van der Waals surface area contributed by atoms with E-state index in [-0.39, 0.29) is 18.9 Å². The number of phenols is 1. The van der Waals surface area contributed by atoms with Gasteiger partial charge in [0.2, 0.25) is 0 Å². The maximum absolute atomic E-state index is 12.1. The first-order valence-electron chi connectivity index (χ1n) is 6.55. The van der Waals surface area contributed by atoms with Crippen LogP contribution in [0.4, 0.5) is 0 Å². The number of benzene rings is 1. The molecular formula is C15H17NO5. The van der Waals surface area contributed by atoms with Crippen molar-refractivity contribution < 1.29 is 24.2 Å². The SMILES string of the molecule is CCOC(=O)c1c(C)n(CC(=O)OC)c2ccc(O)cc12. The number of methoxy groups -OCH3 is 1. The second-order valence-electron chi connectivity index (χ2n) is 4.54. The minimum atomic E-state index is -0.478. The average Bonchev–Trinajstić information content (AvgIpc) is 2.71. The highest BCUT2D eigenvalue weighted by Crippen LogP contribution is 2.29. The Balaban J connectivity index is 2.66. The Morgan fingerprint density at radius 2 is 2.05 bits per heavy atom. The summed E-state index contributed by atoms with van der Waals surface area (Å²) in [5.74, 6) is -0.851. The van der Waals surface area contributed by atoms with E-state index in [1.165, 1.54) is 19.2 Å². The molecule has 0 bridgehead atoms. The third-order valence-electron chi connectivity index (χ3n) is 3.30.